The van der Waals surface area contributed by atoms with Crippen LogP contribution in [-0.4, -0.2) is 16.5 Å². The van der Waals surface area contributed by atoms with Crippen molar-refractivity contribution in [3.8, 4) is 16.9 Å². The van der Waals surface area contributed by atoms with Crippen molar-refractivity contribution in [1.82, 2.24) is 4.98 Å². The van der Waals surface area contributed by atoms with Gasteiger partial charge in [-0.2, -0.15) is 0 Å². The first-order chi connectivity index (χ1) is 9.39. The summed E-state index contributed by atoms with van der Waals surface area (Å²) < 4.78 is 41.2. The summed E-state index contributed by atoms with van der Waals surface area (Å²) in [5, 5.41) is 9.10. The molecule has 0 saturated carbocycles. The van der Waals surface area contributed by atoms with Crippen LogP contribution in [0, 0.1) is 6.92 Å². The molecule has 0 radical (unpaired) electrons. The number of halogens is 3. The molecule has 0 unspecified atom stereocenters. The van der Waals surface area contributed by atoms with E-state index in [-0.39, 0.29) is 17.9 Å². The number of hydrogen-bond donors (Lipinski definition) is 1. The van der Waals surface area contributed by atoms with E-state index >= 15 is 0 Å². The number of rotatable bonds is 3. The Hall–Kier alpha value is -2.08. The molecule has 0 atom stereocenters. The summed E-state index contributed by atoms with van der Waals surface area (Å²) in [5.74, 6) is -0.319. The van der Waals surface area contributed by atoms with E-state index in [1.54, 1.807) is 19.1 Å². The molecule has 106 valence electrons. The van der Waals surface area contributed by atoms with Gasteiger partial charge in [-0.25, -0.2) is 0 Å². The fraction of sp³-hybridized carbons (Fsp3) is 0.214. The molecule has 20 heavy (non-hydrogen) atoms. The van der Waals surface area contributed by atoms with Crippen molar-refractivity contribution >= 4 is 0 Å². The lowest BCUT2D eigenvalue weighted by Gasteiger charge is -2.14. The van der Waals surface area contributed by atoms with Gasteiger partial charge in [0.1, 0.15) is 5.75 Å². The normalized spacial score (nSPS) is 11.4. The molecule has 0 aliphatic rings. The summed E-state index contributed by atoms with van der Waals surface area (Å²) in [6.45, 7) is 1.51. The van der Waals surface area contributed by atoms with Gasteiger partial charge in [0.05, 0.1) is 6.61 Å². The van der Waals surface area contributed by atoms with Crippen LogP contribution in [0.15, 0.2) is 36.5 Å². The molecule has 0 fully saturated rings. The number of aromatic nitrogens is 1. The van der Waals surface area contributed by atoms with E-state index in [9.17, 15) is 13.2 Å². The summed E-state index contributed by atoms with van der Waals surface area (Å²) in [4.78, 5) is 4.05. The Morgan fingerprint density at radius 3 is 2.50 bits per heavy atom. The number of pyridine rings is 1. The minimum Gasteiger partial charge on any atom is -0.405 e. The quantitative estimate of drug-likeness (QED) is 0.938. The zero-order valence-corrected chi connectivity index (χ0v) is 10.6. The second kappa shape index (κ2) is 5.50. The Balaban J connectivity index is 2.49. The zero-order valence-electron chi connectivity index (χ0n) is 10.6. The van der Waals surface area contributed by atoms with Gasteiger partial charge in [0.2, 0.25) is 0 Å². The number of nitrogens with zero attached hydrogens (tertiary/aromatic N) is 1. The van der Waals surface area contributed by atoms with E-state index in [0.29, 0.717) is 11.1 Å². The first-order valence-corrected chi connectivity index (χ1v) is 5.81. The van der Waals surface area contributed by atoms with Gasteiger partial charge in [-0.1, -0.05) is 12.1 Å². The number of hydrogen-bond acceptors (Lipinski definition) is 3. The highest BCUT2D eigenvalue weighted by Gasteiger charge is 2.32. The smallest absolute Gasteiger partial charge is 0.405 e. The Morgan fingerprint density at radius 1 is 1.20 bits per heavy atom. The molecule has 2 rings (SSSR count). The second-order valence-corrected chi connectivity index (χ2v) is 4.22. The molecule has 1 N–H and O–H groups in total. The third kappa shape index (κ3) is 3.48. The Kier molecular flexibility index (Phi) is 3.94. The highest BCUT2D eigenvalue weighted by molar-refractivity contribution is 5.70. The van der Waals surface area contributed by atoms with Gasteiger partial charge < -0.3 is 9.84 Å². The van der Waals surface area contributed by atoms with Gasteiger partial charge in [-0.3, -0.25) is 4.98 Å². The standard InChI is InChI=1S/C14H12F3NO2/c1-9-2-4-11(7-18-9)12-6-10(8-19)3-5-13(12)20-14(15,16)17/h2-7,19H,8H2,1H3. The number of aryl methyl sites for hydroxylation is 1. The molecule has 0 amide bonds. The van der Waals surface area contributed by atoms with Crippen LogP contribution >= 0.6 is 0 Å². The Bertz CT molecular complexity index is 594. The lowest BCUT2D eigenvalue weighted by Crippen LogP contribution is -2.17. The van der Waals surface area contributed by atoms with E-state index < -0.39 is 6.36 Å². The van der Waals surface area contributed by atoms with Crippen molar-refractivity contribution in [2.45, 2.75) is 19.9 Å². The molecule has 0 aliphatic heterocycles. The molecular formula is C14H12F3NO2. The van der Waals surface area contributed by atoms with Crippen LogP contribution in [0.4, 0.5) is 13.2 Å². The average molecular weight is 283 g/mol. The molecule has 1 heterocycles. The summed E-state index contributed by atoms with van der Waals surface area (Å²) >= 11 is 0. The fourth-order valence-electron chi connectivity index (χ4n) is 1.74. The van der Waals surface area contributed by atoms with E-state index in [4.69, 9.17) is 5.11 Å². The average Bonchev–Trinajstić information content (AvgIpc) is 2.38. The third-order valence-electron chi connectivity index (χ3n) is 2.67. The van der Waals surface area contributed by atoms with Crippen molar-refractivity contribution < 1.29 is 23.0 Å². The van der Waals surface area contributed by atoms with Gasteiger partial charge in [0, 0.05) is 23.0 Å². The van der Waals surface area contributed by atoms with Gasteiger partial charge in [0.25, 0.3) is 0 Å². The molecule has 0 saturated heterocycles. The van der Waals surface area contributed by atoms with Gasteiger partial charge in [0.15, 0.2) is 0 Å². The lowest BCUT2D eigenvalue weighted by molar-refractivity contribution is -0.274. The molecule has 0 aliphatic carbocycles. The van der Waals surface area contributed by atoms with Gasteiger partial charge >= 0.3 is 6.36 Å². The van der Waals surface area contributed by atoms with Crippen LogP contribution in [0.5, 0.6) is 5.75 Å². The first kappa shape index (κ1) is 14.3. The van der Waals surface area contributed by atoms with Gasteiger partial charge in [-0.05, 0) is 30.7 Å². The summed E-state index contributed by atoms with van der Waals surface area (Å²) in [5.41, 5.74) is 1.98. The predicted octanol–water partition coefficient (Wildman–Crippen LogP) is 3.45. The van der Waals surface area contributed by atoms with Crippen molar-refractivity contribution in [2.24, 2.45) is 0 Å². The highest BCUT2D eigenvalue weighted by Crippen LogP contribution is 2.34. The number of benzene rings is 1. The zero-order chi connectivity index (χ0) is 14.8. The number of aliphatic hydroxyl groups is 1. The van der Waals surface area contributed by atoms with Crippen molar-refractivity contribution in [3.63, 3.8) is 0 Å². The van der Waals surface area contributed by atoms with E-state index in [2.05, 4.69) is 9.72 Å². The van der Waals surface area contributed by atoms with Gasteiger partial charge in [-0.15, -0.1) is 13.2 Å². The van der Waals surface area contributed by atoms with Crippen LogP contribution in [0.1, 0.15) is 11.3 Å². The highest BCUT2D eigenvalue weighted by atomic mass is 19.4. The summed E-state index contributed by atoms with van der Waals surface area (Å²) in [6.07, 6.45) is -3.30. The summed E-state index contributed by atoms with van der Waals surface area (Å²) in [7, 11) is 0. The first-order valence-electron chi connectivity index (χ1n) is 5.81. The monoisotopic (exact) mass is 283 g/mol. The third-order valence-corrected chi connectivity index (χ3v) is 2.67. The fourth-order valence-corrected chi connectivity index (χ4v) is 1.74. The molecular weight excluding hydrogens is 271 g/mol. The van der Waals surface area contributed by atoms with E-state index in [1.165, 1.54) is 24.4 Å². The van der Waals surface area contributed by atoms with Crippen LogP contribution in [0.2, 0.25) is 0 Å². The topological polar surface area (TPSA) is 42.4 Å². The number of aliphatic hydroxyl groups excluding tert-OH is 1. The molecule has 0 spiro atoms. The molecule has 1 aromatic carbocycles. The Morgan fingerprint density at radius 2 is 1.95 bits per heavy atom. The maximum Gasteiger partial charge on any atom is 0.573 e. The van der Waals surface area contributed by atoms with Crippen molar-refractivity contribution in [3.05, 3.63) is 47.8 Å². The lowest BCUT2D eigenvalue weighted by atomic mass is 10.0. The number of ether oxygens (including phenoxy) is 1. The van der Waals surface area contributed by atoms with Crippen molar-refractivity contribution in [1.29, 1.82) is 0 Å². The van der Waals surface area contributed by atoms with E-state index in [0.717, 1.165) is 5.69 Å². The largest absolute Gasteiger partial charge is 0.573 e. The molecule has 3 nitrogen and oxygen atoms in total. The minimum atomic E-state index is -4.77. The SMILES string of the molecule is Cc1ccc(-c2cc(CO)ccc2OC(F)(F)F)cn1. The van der Waals surface area contributed by atoms with Crippen LogP contribution < -0.4 is 4.74 Å². The maximum atomic E-state index is 12.4. The maximum absolute atomic E-state index is 12.4. The Labute approximate surface area is 113 Å². The predicted molar refractivity (Wildman–Crippen MR) is 67.0 cm³/mol. The van der Waals surface area contributed by atoms with Crippen LogP contribution in [0.3, 0.4) is 0 Å². The van der Waals surface area contributed by atoms with Crippen molar-refractivity contribution in [2.75, 3.05) is 0 Å². The second-order valence-electron chi connectivity index (χ2n) is 4.22. The van der Waals surface area contributed by atoms with E-state index in [1.807, 2.05) is 0 Å². The molecule has 0 bridgehead atoms. The van der Waals surface area contributed by atoms with Crippen LogP contribution in [0.25, 0.3) is 11.1 Å². The minimum absolute atomic E-state index is 0.237. The summed E-state index contributed by atoms with van der Waals surface area (Å²) in [6, 6.07) is 7.37. The van der Waals surface area contributed by atoms with Crippen LogP contribution in [-0.2, 0) is 6.61 Å². The molecule has 6 heteroatoms. The molecule has 1 aromatic heterocycles. The number of alkyl halides is 3. The molecule has 2 aromatic rings.